The van der Waals surface area contributed by atoms with Gasteiger partial charge in [0.1, 0.15) is 6.04 Å². The molecule has 45 heteroatoms. The van der Waals surface area contributed by atoms with E-state index < -0.39 is 96.6 Å². The fraction of sp³-hybridized carbons (Fsp3) is 0.545. The van der Waals surface area contributed by atoms with Gasteiger partial charge >= 0.3 is 60.7 Å². The molecule has 0 spiro atoms. The van der Waals surface area contributed by atoms with Gasteiger partial charge in [-0.15, -0.1) is 0 Å². The first-order valence-electron chi connectivity index (χ1n) is 29.0. The fourth-order valence-electron chi connectivity index (χ4n) is 8.90. The zero-order valence-corrected chi connectivity index (χ0v) is 52.3. The van der Waals surface area contributed by atoms with Crippen molar-refractivity contribution in [2.75, 3.05) is 88.8 Å². The van der Waals surface area contributed by atoms with Gasteiger partial charge in [-0.1, -0.05) is 24.3 Å². The number of piperidine rings is 1. The lowest BCUT2D eigenvalue weighted by Gasteiger charge is -2.36. The molecule has 100 heavy (non-hydrogen) atoms. The number of carboxylic acid groups (broad SMARTS) is 5. The Bertz CT molecular complexity index is 3000. The highest BCUT2D eigenvalue weighted by Crippen LogP contribution is 2.38. The Morgan fingerprint density at radius 3 is 1.54 bits per heavy atom. The van der Waals surface area contributed by atoms with Gasteiger partial charge in [0.15, 0.2) is 5.96 Å². The molecule has 3 atom stereocenters. The van der Waals surface area contributed by atoms with Crippen molar-refractivity contribution in [1.29, 1.82) is 0 Å². The topological polar surface area (TPSA) is 456 Å². The Morgan fingerprint density at radius 2 is 1.07 bits per heavy atom. The van der Waals surface area contributed by atoms with Gasteiger partial charge in [-0.25, -0.2) is 24.0 Å². The van der Waals surface area contributed by atoms with E-state index in [1.807, 2.05) is 42.5 Å². The van der Waals surface area contributed by atoms with Crippen molar-refractivity contribution < 1.29 is 149 Å². The van der Waals surface area contributed by atoms with Crippen LogP contribution < -0.4 is 48.3 Å². The molecule has 4 aliphatic rings. The molecule has 0 radical (unpaired) electrons. The van der Waals surface area contributed by atoms with Gasteiger partial charge in [-0.3, -0.25) is 63.9 Å². The van der Waals surface area contributed by atoms with Crippen LogP contribution in [0.1, 0.15) is 68.6 Å². The van der Waals surface area contributed by atoms with Crippen molar-refractivity contribution in [3.63, 3.8) is 0 Å². The molecule has 30 nitrogen and oxygen atoms in total. The molecule has 4 aliphatic heterocycles. The Hall–Kier alpha value is -9.66. The van der Waals surface area contributed by atoms with Crippen LogP contribution in [0.2, 0.25) is 0 Å². The number of guanidine groups is 1. The Kier molecular flexibility index (Phi) is 36.3. The zero-order valence-electron chi connectivity index (χ0n) is 52.3. The molecular weight excluding hydrogens is 1400 g/mol. The van der Waals surface area contributed by atoms with Crippen molar-refractivity contribution in [2.45, 2.75) is 107 Å². The average molecular weight is 1470 g/mol. The van der Waals surface area contributed by atoms with E-state index in [9.17, 15) is 99.4 Å². The number of imide groups is 1. The minimum Gasteiger partial charge on any atom is -0.475 e. The molecule has 6 rings (SSSR count). The number of aliphatic carboxylic acids is 5. The van der Waals surface area contributed by atoms with Crippen molar-refractivity contribution in [3.05, 3.63) is 54.1 Å². The van der Waals surface area contributed by atoms with E-state index in [2.05, 4.69) is 51.6 Å². The number of nitrogens with one attached hydrogen (secondary N) is 6. The largest absolute Gasteiger partial charge is 0.490 e. The molecule has 3 saturated heterocycles. The summed E-state index contributed by atoms with van der Waals surface area (Å²) in [5.41, 5.74) is 13.2. The summed E-state index contributed by atoms with van der Waals surface area (Å²) >= 11 is 0. The van der Waals surface area contributed by atoms with Crippen LogP contribution in [0.4, 0.5) is 82.9 Å². The van der Waals surface area contributed by atoms with Crippen LogP contribution in [0.5, 0.6) is 0 Å². The van der Waals surface area contributed by atoms with E-state index in [4.69, 9.17) is 61.0 Å². The van der Waals surface area contributed by atoms with Gasteiger partial charge in [0.2, 0.25) is 35.4 Å². The molecule has 4 heterocycles. The highest BCUT2D eigenvalue weighted by Gasteiger charge is 2.42. The Morgan fingerprint density at radius 1 is 0.610 bits per heavy atom. The number of fused-ring (bicyclic) bond motifs is 2. The first-order valence-corrected chi connectivity index (χ1v) is 29.0. The van der Waals surface area contributed by atoms with Crippen LogP contribution in [0.3, 0.4) is 0 Å². The summed E-state index contributed by atoms with van der Waals surface area (Å²) in [6, 6.07) is 11.6. The summed E-state index contributed by atoms with van der Waals surface area (Å²) in [5.74, 6) is -16.3. The third-order valence-electron chi connectivity index (χ3n) is 13.7. The Labute approximate surface area is 555 Å². The van der Waals surface area contributed by atoms with Crippen molar-refractivity contribution in [3.8, 4) is 0 Å². The minimum absolute atomic E-state index is 0.00225. The summed E-state index contributed by atoms with van der Waals surface area (Å²) < 4.78 is 159. The molecule has 0 bridgehead atoms. The summed E-state index contributed by atoms with van der Waals surface area (Å²) in [5, 5.41) is 52.2. The number of rotatable bonds is 16. The number of carbonyl (C=O) groups excluding carboxylic acids is 7. The van der Waals surface area contributed by atoms with Crippen LogP contribution in [-0.2, 0) is 52.7 Å². The number of amides is 7. The van der Waals surface area contributed by atoms with Gasteiger partial charge in [0.25, 0.3) is 5.91 Å². The van der Waals surface area contributed by atoms with Crippen LogP contribution in [0, 0.1) is 5.92 Å². The summed E-state index contributed by atoms with van der Waals surface area (Å²) in [6.07, 6.45) is -20.5. The number of anilines is 3. The second-order valence-electron chi connectivity index (χ2n) is 21.2. The molecule has 7 amide bonds. The standard InChI is InChI=1S/C45H65N13O7.5C2HF3O2/c1-30(59)51-43(64)35(14-18-50-45(46)47)54-44(65)36-28-39(60)48-17-6-11-34(52-36)42(63)49-19-23-56-26-24-55(25-27-56)20-7-8-31-15-21-57(22-16-31)29-40(61)58-37-12-4-2-9-32(37)41(62)53-33-10-3-5-13-38(33)58;5*3-2(4,5)1(6)7/h2-5,9-10,12-13,31,34-36,52H,6-8,11,14-29H2,1H3,(H,48,60)(H,49,63)(H,53,62)(H,54,65)(H4,46,47,50)(H,51,59,64);5*(H,6,7)/t34-,35-,36-;;;;;/m0...../s1. The number of alkyl halides is 15. The first-order chi connectivity index (χ1) is 46.1. The maximum Gasteiger partial charge on any atom is 0.490 e. The number of nitrogens with two attached hydrogens (primary N) is 2. The number of benzene rings is 2. The molecule has 562 valence electrons. The molecule has 15 N–H and O–H groups in total. The normalized spacial score (nSPS) is 17.3. The van der Waals surface area contributed by atoms with E-state index in [0.717, 1.165) is 71.5 Å². The number of aliphatic imine (C=N–C) groups is 1. The molecule has 0 saturated carbocycles. The Balaban J connectivity index is 0.00000116. The average Bonchev–Trinajstić information content (AvgIpc) is 1.57. The number of carbonyl (C=O) groups is 12. The number of piperazine rings is 1. The third kappa shape index (κ3) is 34.7. The van der Waals surface area contributed by atoms with Crippen LogP contribution >= 0.6 is 0 Å². The summed E-state index contributed by atoms with van der Waals surface area (Å²) in [6.45, 7) is 9.30. The summed E-state index contributed by atoms with van der Waals surface area (Å²) in [7, 11) is 0. The maximum absolute atomic E-state index is 13.9. The lowest BCUT2D eigenvalue weighted by atomic mass is 9.92. The maximum atomic E-state index is 13.9. The smallest absolute Gasteiger partial charge is 0.475 e. The number of carboxylic acids is 5. The van der Waals surface area contributed by atoms with Gasteiger partial charge in [-0.2, -0.15) is 65.9 Å². The number of hydrogen-bond donors (Lipinski definition) is 13. The van der Waals surface area contributed by atoms with Gasteiger partial charge < -0.3 is 63.2 Å². The van der Waals surface area contributed by atoms with E-state index in [-0.39, 0.29) is 55.5 Å². The number of hydrogen-bond acceptors (Lipinski definition) is 17. The van der Waals surface area contributed by atoms with E-state index in [1.54, 1.807) is 11.0 Å². The fourth-order valence-corrected chi connectivity index (χ4v) is 8.90. The van der Waals surface area contributed by atoms with Gasteiger partial charge in [0.05, 0.1) is 47.7 Å². The number of nitrogens with zero attached hydrogens (tertiary/aromatic N) is 5. The highest BCUT2D eigenvalue weighted by atomic mass is 19.4. The monoisotopic (exact) mass is 1470 g/mol. The van der Waals surface area contributed by atoms with E-state index in [0.29, 0.717) is 61.0 Å². The molecular formula is C55H70F15N13O17. The van der Waals surface area contributed by atoms with Crippen LogP contribution in [0.15, 0.2) is 53.5 Å². The first kappa shape index (κ1) is 88.4. The van der Waals surface area contributed by atoms with Crippen LogP contribution in [-0.4, -0.2) is 245 Å². The molecule has 3 fully saturated rings. The second kappa shape index (κ2) is 41.0. The number of para-hydroxylation sites is 3. The third-order valence-corrected chi connectivity index (χ3v) is 13.7. The predicted molar refractivity (Wildman–Crippen MR) is 314 cm³/mol. The minimum atomic E-state index is -5.08. The molecule has 2 aromatic rings. The number of likely N-dealkylation sites (tertiary alicyclic amines) is 1. The second-order valence-corrected chi connectivity index (χ2v) is 21.2. The predicted octanol–water partition coefficient (Wildman–Crippen LogP) is 2.75. The van der Waals surface area contributed by atoms with Gasteiger partial charge in [-0.05, 0) is 94.8 Å². The quantitative estimate of drug-likeness (QED) is 0.0653. The molecule has 0 aromatic heterocycles. The molecule has 2 aromatic carbocycles. The van der Waals surface area contributed by atoms with E-state index >= 15 is 0 Å². The lowest BCUT2D eigenvalue weighted by molar-refractivity contribution is -0.193. The van der Waals surface area contributed by atoms with Crippen molar-refractivity contribution in [1.82, 2.24) is 41.3 Å². The van der Waals surface area contributed by atoms with Crippen molar-refractivity contribution in [2.24, 2.45) is 22.4 Å². The highest BCUT2D eigenvalue weighted by molar-refractivity contribution is 6.18. The molecule has 0 aliphatic carbocycles. The molecule has 0 unspecified atom stereocenters. The van der Waals surface area contributed by atoms with E-state index in [1.165, 1.54) is 6.92 Å². The lowest BCUT2D eigenvalue weighted by Crippen LogP contribution is -2.58. The van der Waals surface area contributed by atoms with Gasteiger partial charge in [0, 0.05) is 59.3 Å². The summed E-state index contributed by atoms with van der Waals surface area (Å²) in [4.78, 5) is 148. The SMILES string of the molecule is CC(=O)NC(=O)[C@H](CCN=C(N)N)NC(=O)[C@@H]1CC(=O)NCCC[C@@H](C(=O)NCCN2CCN(CCCC3CCN(CC(=O)N4c5ccccc5NC(=O)c5ccccc54)CC3)CC2)N1.O=C(O)C(F)(F)F.O=C(O)C(F)(F)F.O=C(O)C(F)(F)F.O=C(O)C(F)(F)F.O=C(O)C(F)(F)F. The van der Waals surface area contributed by atoms with Crippen molar-refractivity contribution >= 4 is 94.2 Å². The zero-order chi connectivity index (χ0) is 76.7. The number of halogens is 15. The van der Waals surface area contributed by atoms with Crippen LogP contribution in [0.25, 0.3) is 0 Å².